The SMILES string of the molecule is CNC(=O)C(NC(=O)C1CCN(S(=O)(=O)c2c(C)cc(C)cc2C)CC1)c1ccc(F)c(F)c1. The summed E-state index contributed by atoms with van der Waals surface area (Å²) in [6.45, 7) is 5.76. The molecule has 1 aliphatic heterocycles. The van der Waals surface area contributed by atoms with Crippen molar-refractivity contribution in [3.05, 3.63) is 64.2 Å². The van der Waals surface area contributed by atoms with Gasteiger partial charge in [-0.1, -0.05) is 23.8 Å². The molecule has 184 valence electrons. The van der Waals surface area contributed by atoms with E-state index < -0.39 is 45.4 Å². The highest BCUT2D eigenvalue weighted by Gasteiger charge is 2.35. The number of hydrogen-bond acceptors (Lipinski definition) is 4. The molecule has 7 nitrogen and oxygen atoms in total. The summed E-state index contributed by atoms with van der Waals surface area (Å²) in [7, 11) is -2.35. The molecule has 0 aromatic heterocycles. The second-order valence-electron chi connectivity index (χ2n) is 8.64. The lowest BCUT2D eigenvalue weighted by Crippen LogP contribution is -2.46. The fourth-order valence-electron chi connectivity index (χ4n) is 4.46. The minimum absolute atomic E-state index is 0.108. The molecule has 2 N–H and O–H groups in total. The molecular formula is C24H29F2N3O4S. The monoisotopic (exact) mass is 493 g/mol. The maximum atomic E-state index is 13.7. The van der Waals surface area contributed by atoms with E-state index in [1.165, 1.54) is 17.4 Å². The minimum Gasteiger partial charge on any atom is -0.357 e. The van der Waals surface area contributed by atoms with E-state index in [-0.39, 0.29) is 31.5 Å². The lowest BCUT2D eigenvalue weighted by molar-refractivity contribution is -0.131. The number of halogens is 2. The van der Waals surface area contributed by atoms with Gasteiger partial charge in [0.25, 0.3) is 0 Å². The maximum absolute atomic E-state index is 13.7. The summed E-state index contributed by atoms with van der Waals surface area (Å²) in [5.41, 5.74) is 2.45. The molecule has 0 spiro atoms. The number of carbonyl (C=O) groups is 2. The smallest absolute Gasteiger partial charge is 0.246 e. The molecule has 1 unspecified atom stereocenters. The lowest BCUT2D eigenvalue weighted by atomic mass is 9.96. The lowest BCUT2D eigenvalue weighted by Gasteiger charge is -2.32. The molecule has 3 rings (SSSR count). The second kappa shape index (κ2) is 10.2. The number of sulfonamides is 1. The van der Waals surface area contributed by atoms with Crippen LogP contribution in [-0.2, 0) is 19.6 Å². The predicted molar refractivity (Wildman–Crippen MR) is 123 cm³/mol. The van der Waals surface area contributed by atoms with Crippen LogP contribution < -0.4 is 10.6 Å². The van der Waals surface area contributed by atoms with E-state index in [1.807, 2.05) is 19.1 Å². The van der Waals surface area contributed by atoms with Gasteiger partial charge in [-0.05, 0) is 62.4 Å². The van der Waals surface area contributed by atoms with Gasteiger partial charge in [0.15, 0.2) is 11.6 Å². The van der Waals surface area contributed by atoms with Crippen molar-refractivity contribution in [3.63, 3.8) is 0 Å². The summed E-state index contributed by atoms with van der Waals surface area (Å²) in [4.78, 5) is 25.5. The number of hydrogen-bond donors (Lipinski definition) is 2. The van der Waals surface area contributed by atoms with Crippen LogP contribution in [0.15, 0.2) is 35.2 Å². The van der Waals surface area contributed by atoms with Crippen molar-refractivity contribution in [2.45, 2.75) is 44.6 Å². The summed E-state index contributed by atoms with van der Waals surface area (Å²) in [5, 5.41) is 5.01. The molecule has 1 saturated heterocycles. The zero-order chi connectivity index (χ0) is 25.2. The van der Waals surface area contributed by atoms with Crippen LogP contribution in [0.3, 0.4) is 0 Å². The fraction of sp³-hybridized carbons (Fsp3) is 0.417. The van der Waals surface area contributed by atoms with Gasteiger partial charge in [-0.2, -0.15) is 4.31 Å². The number of benzene rings is 2. The second-order valence-corrected chi connectivity index (χ2v) is 10.5. The van der Waals surface area contributed by atoms with Crippen molar-refractivity contribution in [3.8, 4) is 0 Å². The van der Waals surface area contributed by atoms with Gasteiger partial charge >= 0.3 is 0 Å². The number of rotatable bonds is 6. The Labute approximate surface area is 198 Å². The van der Waals surface area contributed by atoms with E-state index in [4.69, 9.17) is 0 Å². The van der Waals surface area contributed by atoms with Crippen molar-refractivity contribution in [1.82, 2.24) is 14.9 Å². The van der Waals surface area contributed by atoms with Crippen molar-refractivity contribution in [2.75, 3.05) is 20.1 Å². The average molecular weight is 494 g/mol. The molecule has 0 saturated carbocycles. The van der Waals surface area contributed by atoms with Gasteiger partial charge in [0, 0.05) is 26.1 Å². The van der Waals surface area contributed by atoms with Crippen LogP contribution in [0.1, 0.15) is 41.1 Å². The Kier molecular flexibility index (Phi) is 7.72. The fourth-order valence-corrected chi connectivity index (χ4v) is 6.34. The van der Waals surface area contributed by atoms with E-state index in [1.54, 1.807) is 13.8 Å². The third-order valence-electron chi connectivity index (χ3n) is 6.10. The van der Waals surface area contributed by atoms with Crippen molar-refractivity contribution in [1.29, 1.82) is 0 Å². The van der Waals surface area contributed by atoms with E-state index >= 15 is 0 Å². The Balaban J connectivity index is 1.72. The Morgan fingerprint density at radius 1 is 1.00 bits per heavy atom. The summed E-state index contributed by atoms with van der Waals surface area (Å²) in [6, 6.07) is 5.46. The minimum atomic E-state index is -3.72. The van der Waals surface area contributed by atoms with Crippen molar-refractivity contribution >= 4 is 21.8 Å². The van der Waals surface area contributed by atoms with Gasteiger partial charge in [-0.25, -0.2) is 17.2 Å². The Morgan fingerprint density at radius 2 is 1.59 bits per heavy atom. The van der Waals surface area contributed by atoms with E-state index in [2.05, 4.69) is 10.6 Å². The van der Waals surface area contributed by atoms with Gasteiger partial charge in [-0.3, -0.25) is 9.59 Å². The predicted octanol–water partition coefficient (Wildman–Crippen LogP) is 2.89. The molecule has 1 fully saturated rings. The van der Waals surface area contributed by atoms with Crippen LogP contribution in [0.2, 0.25) is 0 Å². The molecule has 34 heavy (non-hydrogen) atoms. The van der Waals surface area contributed by atoms with Crippen molar-refractivity contribution in [2.24, 2.45) is 5.92 Å². The molecule has 10 heteroatoms. The Morgan fingerprint density at radius 3 is 2.12 bits per heavy atom. The quantitative estimate of drug-likeness (QED) is 0.647. The molecule has 1 heterocycles. The third-order valence-corrected chi connectivity index (χ3v) is 8.30. The Bertz CT molecular complexity index is 1190. The van der Waals surface area contributed by atoms with E-state index in [9.17, 15) is 26.8 Å². The van der Waals surface area contributed by atoms with Crippen LogP contribution in [0.25, 0.3) is 0 Å². The number of piperidine rings is 1. The zero-order valence-electron chi connectivity index (χ0n) is 19.6. The maximum Gasteiger partial charge on any atom is 0.246 e. The normalized spacial score (nSPS) is 16.2. The topological polar surface area (TPSA) is 95.6 Å². The van der Waals surface area contributed by atoms with E-state index in [0.717, 1.165) is 17.7 Å². The van der Waals surface area contributed by atoms with Gasteiger partial charge in [-0.15, -0.1) is 0 Å². The molecule has 0 bridgehead atoms. The summed E-state index contributed by atoms with van der Waals surface area (Å²) in [5.74, 6) is -3.73. The molecule has 0 radical (unpaired) electrons. The summed E-state index contributed by atoms with van der Waals surface area (Å²) < 4.78 is 54.9. The third kappa shape index (κ3) is 5.28. The summed E-state index contributed by atoms with van der Waals surface area (Å²) in [6.07, 6.45) is 0.542. The van der Waals surface area contributed by atoms with Gasteiger partial charge in [0.05, 0.1) is 4.90 Å². The first-order chi connectivity index (χ1) is 15.9. The molecule has 0 aliphatic carbocycles. The highest BCUT2D eigenvalue weighted by atomic mass is 32.2. The number of nitrogens with zero attached hydrogens (tertiary/aromatic N) is 1. The van der Waals surface area contributed by atoms with Crippen LogP contribution in [-0.4, -0.2) is 44.7 Å². The summed E-state index contributed by atoms with van der Waals surface area (Å²) >= 11 is 0. The van der Waals surface area contributed by atoms with E-state index in [0.29, 0.717) is 16.0 Å². The molecular weight excluding hydrogens is 464 g/mol. The molecule has 2 aromatic carbocycles. The van der Waals surface area contributed by atoms with Gasteiger partial charge < -0.3 is 10.6 Å². The van der Waals surface area contributed by atoms with Crippen LogP contribution in [0.4, 0.5) is 8.78 Å². The molecule has 1 atom stereocenters. The number of amides is 2. The van der Waals surface area contributed by atoms with Crippen LogP contribution >= 0.6 is 0 Å². The Hall–Kier alpha value is -2.85. The van der Waals surface area contributed by atoms with Gasteiger partial charge in [0.2, 0.25) is 21.8 Å². The number of nitrogens with one attached hydrogen (secondary N) is 2. The van der Waals surface area contributed by atoms with Crippen LogP contribution in [0.5, 0.6) is 0 Å². The van der Waals surface area contributed by atoms with Crippen molar-refractivity contribution < 1.29 is 26.8 Å². The standard InChI is InChI=1S/C24H29F2N3O4S/c1-14-11-15(2)22(16(3)12-14)34(32,33)29-9-7-17(8-10-29)23(30)28-21(24(31)27-4)18-5-6-19(25)20(26)13-18/h5-6,11-13,17,21H,7-10H2,1-4H3,(H,27,31)(H,28,30). The first kappa shape index (κ1) is 25.8. The molecule has 2 aromatic rings. The average Bonchev–Trinajstić information content (AvgIpc) is 2.78. The van der Waals surface area contributed by atoms with Gasteiger partial charge in [0.1, 0.15) is 6.04 Å². The highest BCUT2D eigenvalue weighted by Crippen LogP contribution is 2.29. The van der Waals surface area contributed by atoms with Crippen LogP contribution in [0, 0.1) is 38.3 Å². The number of likely N-dealkylation sites (N-methyl/N-ethyl adjacent to an activating group) is 1. The number of carbonyl (C=O) groups excluding carboxylic acids is 2. The first-order valence-electron chi connectivity index (χ1n) is 11.0. The zero-order valence-corrected chi connectivity index (χ0v) is 20.4. The largest absolute Gasteiger partial charge is 0.357 e. The highest BCUT2D eigenvalue weighted by molar-refractivity contribution is 7.89. The molecule has 1 aliphatic rings. The number of aryl methyl sites for hydroxylation is 3. The first-order valence-corrected chi connectivity index (χ1v) is 12.4. The molecule has 2 amide bonds.